The van der Waals surface area contributed by atoms with Crippen LogP contribution in [-0.4, -0.2) is 16.7 Å². The Kier molecular flexibility index (Phi) is 5.25. The van der Waals surface area contributed by atoms with Gasteiger partial charge in [0.15, 0.2) is 5.76 Å². The zero-order valence-electron chi connectivity index (χ0n) is 17.4. The summed E-state index contributed by atoms with van der Waals surface area (Å²) in [6.45, 7) is 2.85. The second kappa shape index (κ2) is 8.36. The van der Waals surface area contributed by atoms with E-state index in [0.29, 0.717) is 10.6 Å². The molecule has 0 atom stereocenters. The van der Waals surface area contributed by atoms with Crippen LogP contribution in [0.4, 0.5) is 0 Å². The molecule has 2 heterocycles. The molecule has 0 aliphatic carbocycles. The normalized spacial score (nSPS) is 11.6. The maximum Gasteiger partial charge on any atom is 0.307 e. The van der Waals surface area contributed by atoms with Gasteiger partial charge >= 0.3 is 5.91 Å². The van der Waals surface area contributed by atoms with Gasteiger partial charge in [0.1, 0.15) is 5.58 Å². The molecule has 5 nitrogen and oxygen atoms in total. The molecule has 0 aliphatic heterocycles. The van der Waals surface area contributed by atoms with Crippen LogP contribution in [0.15, 0.2) is 88.5 Å². The van der Waals surface area contributed by atoms with Crippen LogP contribution in [0.1, 0.15) is 27.2 Å². The van der Waals surface area contributed by atoms with Crippen molar-refractivity contribution in [1.29, 1.82) is 0 Å². The Morgan fingerprint density at radius 2 is 1.97 bits per heavy atom. The smallest absolute Gasteiger partial charge is 0.307 e. The fourth-order valence-electron chi connectivity index (χ4n) is 3.86. The summed E-state index contributed by atoms with van der Waals surface area (Å²) in [7, 11) is 0. The number of fused-ring (bicyclic) bond motifs is 2. The van der Waals surface area contributed by atoms with Gasteiger partial charge in [-0.1, -0.05) is 59.6 Å². The molecule has 0 spiro atoms. The molecule has 0 fully saturated rings. The second-order valence-corrected chi connectivity index (χ2v) is 8.15. The van der Waals surface area contributed by atoms with E-state index in [9.17, 15) is 4.79 Å². The number of aromatic nitrogens is 1. The van der Waals surface area contributed by atoms with Crippen molar-refractivity contribution in [1.82, 2.24) is 9.99 Å². The maximum atomic E-state index is 12.5. The number of hydrogen-bond donors (Lipinski definition) is 1. The molecule has 0 saturated heterocycles. The molecule has 0 unspecified atom stereocenters. The molecule has 0 bridgehead atoms. The van der Waals surface area contributed by atoms with Crippen LogP contribution in [0.2, 0.25) is 5.02 Å². The Morgan fingerprint density at radius 1 is 1.09 bits per heavy atom. The van der Waals surface area contributed by atoms with Crippen LogP contribution in [0.3, 0.4) is 0 Å². The molecule has 32 heavy (non-hydrogen) atoms. The van der Waals surface area contributed by atoms with Crippen molar-refractivity contribution in [3.05, 3.63) is 106 Å². The summed E-state index contributed by atoms with van der Waals surface area (Å²) in [4.78, 5) is 12.5. The van der Waals surface area contributed by atoms with Crippen molar-refractivity contribution in [2.45, 2.75) is 13.5 Å². The number of furan rings is 1. The predicted octanol–water partition coefficient (Wildman–Crippen LogP) is 6.16. The van der Waals surface area contributed by atoms with E-state index in [-0.39, 0.29) is 5.76 Å². The standard InChI is InChI=1S/C26H20ClN3O2/c1-17-5-4-6-18(11-17)15-30-16-20(22-7-2-3-8-23(22)30)14-28-29-26(31)25-13-19-12-21(27)9-10-24(19)32-25/h2-14,16H,15H2,1H3,(H,29,31)/b28-14+. The van der Waals surface area contributed by atoms with E-state index in [1.165, 1.54) is 11.1 Å². The SMILES string of the molecule is Cc1cccc(Cn2cc(/C=N/NC(=O)c3cc4cc(Cl)ccc4o3)c3ccccc32)c1. The van der Waals surface area contributed by atoms with Crippen molar-refractivity contribution in [3.63, 3.8) is 0 Å². The number of carbonyl (C=O) groups excluding carboxylic acids is 1. The summed E-state index contributed by atoms with van der Waals surface area (Å²) in [6, 6.07) is 23.5. The van der Waals surface area contributed by atoms with Gasteiger partial charge in [-0.2, -0.15) is 5.10 Å². The Hall–Kier alpha value is -3.83. The van der Waals surface area contributed by atoms with E-state index in [4.69, 9.17) is 16.0 Å². The second-order valence-electron chi connectivity index (χ2n) is 7.71. The van der Waals surface area contributed by atoms with Crippen molar-refractivity contribution in [3.8, 4) is 0 Å². The molecule has 1 amide bonds. The van der Waals surface area contributed by atoms with Gasteiger partial charge in [-0.25, -0.2) is 5.43 Å². The van der Waals surface area contributed by atoms with Gasteiger partial charge in [0.25, 0.3) is 0 Å². The summed E-state index contributed by atoms with van der Waals surface area (Å²) in [5.41, 5.74) is 7.64. The van der Waals surface area contributed by atoms with Gasteiger partial charge in [-0.15, -0.1) is 0 Å². The number of hydrazone groups is 1. The van der Waals surface area contributed by atoms with E-state index >= 15 is 0 Å². The molecule has 5 aromatic rings. The number of benzene rings is 3. The maximum absolute atomic E-state index is 12.5. The molecule has 3 aromatic carbocycles. The molecule has 5 rings (SSSR count). The largest absolute Gasteiger partial charge is 0.451 e. The molecule has 1 N–H and O–H groups in total. The molecule has 158 valence electrons. The van der Waals surface area contributed by atoms with Gasteiger partial charge in [0.05, 0.1) is 6.21 Å². The highest BCUT2D eigenvalue weighted by molar-refractivity contribution is 6.31. The van der Waals surface area contributed by atoms with Gasteiger partial charge < -0.3 is 8.98 Å². The Balaban J connectivity index is 1.38. The van der Waals surface area contributed by atoms with Crippen LogP contribution in [0.25, 0.3) is 21.9 Å². The number of aryl methyl sites for hydroxylation is 1. The molecule has 0 saturated carbocycles. The summed E-state index contributed by atoms with van der Waals surface area (Å²) >= 11 is 6.00. The fraction of sp³-hybridized carbons (Fsp3) is 0.0769. The van der Waals surface area contributed by atoms with E-state index < -0.39 is 5.91 Å². The first-order valence-electron chi connectivity index (χ1n) is 10.2. The third-order valence-corrected chi connectivity index (χ3v) is 5.56. The van der Waals surface area contributed by atoms with Gasteiger partial charge in [0.2, 0.25) is 0 Å². The highest BCUT2D eigenvalue weighted by atomic mass is 35.5. The van der Waals surface area contributed by atoms with Crippen LogP contribution < -0.4 is 5.43 Å². The topological polar surface area (TPSA) is 59.5 Å². The third-order valence-electron chi connectivity index (χ3n) is 5.33. The lowest BCUT2D eigenvalue weighted by atomic mass is 10.1. The number of rotatable bonds is 5. The first kappa shape index (κ1) is 20.1. The van der Waals surface area contributed by atoms with Gasteiger partial charge in [-0.05, 0) is 42.8 Å². The predicted molar refractivity (Wildman–Crippen MR) is 129 cm³/mol. The Morgan fingerprint density at radius 3 is 2.84 bits per heavy atom. The number of hydrogen-bond acceptors (Lipinski definition) is 3. The minimum atomic E-state index is -0.419. The van der Waals surface area contributed by atoms with Crippen LogP contribution in [0, 0.1) is 6.92 Å². The average Bonchev–Trinajstić information content (AvgIpc) is 3.35. The lowest BCUT2D eigenvalue weighted by Gasteiger charge is -2.06. The highest BCUT2D eigenvalue weighted by Crippen LogP contribution is 2.23. The minimum absolute atomic E-state index is 0.182. The Bertz CT molecular complexity index is 1480. The van der Waals surface area contributed by atoms with E-state index in [0.717, 1.165) is 28.4 Å². The van der Waals surface area contributed by atoms with E-state index in [2.05, 4.69) is 52.3 Å². The van der Waals surface area contributed by atoms with Crippen molar-refractivity contribution in [2.75, 3.05) is 0 Å². The van der Waals surface area contributed by atoms with Crippen LogP contribution in [0.5, 0.6) is 0 Å². The lowest BCUT2D eigenvalue weighted by Crippen LogP contribution is -2.16. The molecular weight excluding hydrogens is 422 g/mol. The van der Waals surface area contributed by atoms with Crippen LogP contribution >= 0.6 is 11.6 Å². The molecule has 0 aliphatic rings. The monoisotopic (exact) mass is 441 g/mol. The number of nitrogens with one attached hydrogen (secondary N) is 1. The van der Waals surface area contributed by atoms with Crippen LogP contribution in [-0.2, 0) is 6.54 Å². The average molecular weight is 442 g/mol. The molecular formula is C26H20ClN3O2. The first-order chi connectivity index (χ1) is 15.6. The van der Waals surface area contributed by atoms with E-state index in [1.807, 2.05) is 24.4 Å². The molecule has 6 heteroatoms. The van der Waals surface area contributed by atoms with Gasteiger partial charge in [-0.3, -0.25) is 4.79 Å². The zero-order chi connectivity index (χ0) is 22.1. The summed E-state index contributed by atoms with van der Waals surface area (Å²) in [5, 5.41) is 6.59. The first-order valence-corrected chi connectivity index (χ1v) is 10.6. The zero-order valence-corrected chi connectivity index (χ0v) is 18.1. The molecule has 0 radical (unpaired) electrons. The Labute approximate surface area is 189 Å². The quantitative estimate of drug-likeness (QED) is 0.262. The lowest BCUT2D eigenvalue weighted by molar-refractivity contribution is 0.0929. The minimum Gasteiger partial charge on any atom is -0.451 e. The number of carbonyl (C=O) groups is 1. The summed E-state index contributed by atoms with van der Waals surface area (Å²) < 4.78 is 7.78. The molecule has 2 aromatic heterocycles. The third kappa shape index (κ3) is 4.03. The number of para-hydroxylation sites is 1. The summed E-state index contributed by atoms with van der Waals surface area (Å²) in [6.07, 6.45) is 3.71. The number of nitrogens with zero attached hydrogens (tertiary/aromatic N) is 2. The number of amides is 1. The van der Waals surface area contributed by atoms with Crippen molar-refractivity contribution >= 4 is 45.6 Å². The summed E-state index contributed by atoms with van der Waals surface area (Å²) in [5.74, 6) is -0.238. The van der Waals surface area contributed by atoms with Crippen molar-refractivity contribution < 1.29 is 9.21 Å². The van der Waals surface area contributed by atoms with Gasteiger partial charge in [0, 0.05) is 39.6 Å². The van der Waals surface area contributed by atoms with E-state index in [1.54, 1.807) is 30.5 Å². The fourth-order valence-corrected chi connectivity index (χ4v) is 4.04. The number of halogens is 1. The highest BCUT2D eigenvalue weighted by Gasteiger charge is 2.12. The van der Waals surface area contributed by atoms with Crippen molar-refractivity contribution in [2.24, 2.45) is 5.10 Å².